The van der Waals surface area contributed by atoms with Gasteiger partial charge in [0.15, 0.2) is 0 Å². The SMILES string of the molecule is COC(=O)CC1CN(Cc2cccc(N)c2)CCO1. The number of rotatable bonds is 4. The predicted octanol–water partition coefficient (Wildman–Crippen LogP) is 1.03. The highest BCUT2D eigenvalue weighted by molar-refractivity contribution is 5.69. The highest BCUT2D eigenvalue weighted by atomic mass is 16.5. The van der Waals surface area contributed by atoms with E-state index in [9.17, 15) is 4.79 Å². The summed E-state index contributed by atoms with van der Waals surface area (Å²) in [6, 6.07) is 7.87. The van der Waals surface area contributed by atoms with Crippen LogP contribution in [0.2, 0.25) is 0 Å². The third-order valence-corrected chi connectivity index (χ3v) is 3.20. The highest BCUT2D eigenvalue weighted by Gasteiger charge is 2.23. The molecule has 1 aromatic carbocycles. The molecule has 5 heteroatoms. The number of carbonyl (C=O) groups excluding carboxylic acids is 1. The van der Waals surface area contributed by atoms with Crippen molar-refractivity contribution in [2.75, 3.05) is 32.5 Å². The van der Waals surface area contributed by atoms with Crippen molar-refractivity contribution in [3.8, 4) is 0 Å². The Morgan fingerprint density at radius 3 is 3.16 bits per heavy atom. The Bertz CT molecular complexity index is 436. The highest BCUT2D eigenvalue weighted by Crippen LogP contribution is 2.14. The molecule has 0 spiro atoms. The zero-order chi connectivity index (χ0) is 13.7. The number of methoxy groups -OCH3 is 1. The molecule has 1 aliphatic rings. The van der Waals surface area contributed by atoms with Gasteiger partial charge in [-0.25, -0.2) is 0 Å². The van der Waals surface area contributed by atoms with E-state index in [1.807, 2.05) is 18.2 Å². The van der Waals surface area contributed by atoms with Crippen molar-refractivity contribution >= 4 is 11.7 Å². The molecular weight excluding hydrogens is 244 g/mol. The molecule has 1 aliphatic heterocycles. The van der Waals surface area contributed by atoms with Crippen molar-refractivity contribution < 1.29 is 14.3 Å². The number of nitrogens with zero attached hydrogens (tertiary/aromatic N) is 1. The largest absolute Gasteiger partial charge is 0.469 e. The van der Waals surface area contributed by atoms with E-state index in [1.54, 1.807) is 0 Å². The molecule has 0 amide bonds. The van der Waals surface area contributed by atoms with Gasteiger partial charge in [0.25, 0.3) is 0 Å². The monoisotopic (exact) mass is 264 g/mol. The van der Waals surface area contributed by atoms with Crippen molar-refractivity contribution in [1.29, 1.82) is 0 Å². The smallest absolute Gasteiger partial charge is 0.308 e. The van der Waals surface area contributed by atoms with Crippen LogP contribution in [0.25, 0.3) is 0 Å². The summed E-state index contributed by atoms with van der Waals surface area (Å²) in [7, 11) is 1.40. The Balaban J connectivity index is 1.89. The number of carbonyl (C=O) groups is 1. The number of hydrogen-bond donors (Lipinski definition) is 1. The first-order chi connectivity index (χ1) is 9.17. The van der Waals surface area contributed by atoms with Gasteiger partial charge in [-0.1, -0.05) is 12.1 Å². The van der Waals surface area contributed by atoms with Gasteiger partial charge in [0.05, 0.1) is 26.2 Å². The van der Waals surface area contributed by atoms with E-state index in [2.05, 4.69) is 15.7 Å². The Morgan fingerprint density at radius 2 is 2.42 bits per heavy atom. The minimum absolute atomic E-state index is 0.0812. The van der Waals surface area contributed by atoms with Crippen LogP contribution in [0.5, 0.6) is 0 Å². The molecule has 1 unspecified atom stereocenters. The lowest BCUT2D eigenvalue weighted by atomic mass is 10.1. The number of esters is 1. The van der Waals surface area contributed by atoms with Crippen LogP contribution in [0.15, 0.2) is 24.3 Å². The molecule has 104 valence electrons. The van der Waals surface area contributed by atoms with E-state index in [0.717, 1.165) is 25.3 Å². The number of benzene rings is 1. The Hall–Kier alpha value is -1.59. The van der Waals surface area contributed by atoms with Crippen molar-refractivity contribution in [3.05, 3.63) is 29.8 Å². The van der Waals surface area contributed by atoms with Gasteiger partial charge in [-0.3, -0.25) is 9.69 Å². The lowest BCUT2D eigenvalue weighted by Gasteiger charge is -2.32. The van der Waals surface area contributed by atoms with Crippen molar-refractivity contribution in [2.24, 2.45) is 0 Å². The van der Waals surface area contributed by atoms with Crippen LogP contribution in [0, 0.1) is 0 Å². The lowest BCUT2D eigenvalue weighted by molar-refractivity contribution is -0.145. The standard InChI is InChI=1S/C14H20N2O3/c1-18-14(17)8-13-10-16(5-6-19-13)9-11-3-2-4-12(15)7-11/h2-4,7,13H,5-6,8-10,15H2,1H3. The van der Waals surface area contributed by atoms with Crippen LogP contribution < -0.4 is 5.73 Å². The fraction of sp³-hybridized carbons (Fsp3) is 0.500. The maximum Gasteiger partial charge on any atom is 0.308 e. The number of morpholine rings is 1. The molecule has 1 heterocycles. The molecule has 0 bridgehead atoms. The topological polar surface area (TPSA) is 64.8 Å². The van der Waals surface area contributed by atoms with Gasteiger partial charge in [-0.15, -0.1) is 0 Å². The third kappa shape index (κ3) is 4.22. The van der Waals surface area contributed by atoms with E-state index < -0.39 is 0 Å². The molecule has 1 aromatic rings. The summed E-state index contributed by atoms with van der Waals surface area (Å²) in [5.41, 5.74) is 7.72. The van der Waals surface area contributed by atoms with Crippen molar-refractivity contribution in [3.63, 3.8) is 0 Å². The Labute approximate surface area is 113 Å². The molecule has 1 fully saturated rings. The van der Waals surface area contributed by atoms with Gasteiger partial charge in [-0.05, 0) is 17.7 Å². The number of hydrogen-bond acceptors (Lipinski definition) is 5. The first-order valence-corrected chi connectivity index (χ1v) is 6.42. The van der Waals surface area contributed by atoms with Gasteiger partial charge < -0.3 is 15.2 Å². The molecule has 1 atom stereocenters. The summed E-state index contributed by atoms with van der Waals surface area (Å²) in [4.78, 5) is 13.5. The normalized spacial score (nSPS) is 20.2. The minimum atomic E-state index is -0.226. The van der Waals surface area contributed by atoms with Crippen LogP contribution in [-0.4, -0.2) is 43.8 Å². The van der Waals surface area contributed by atoms with Gasteiger partial charge in [0, 0.05) is 25.3 Å². The van der Waals surface area contributed by atoms with E-state index in [0.29, 0.717) is 13.0 Å². The second-order valence-corrected chi connectivity index (χ2v) is 4.75. The van der Waals surface area contributed by atoms with Crippen LogP contribution in [0.4, 0.5) is 5.69 Å². The van der Waals surface area contributed by atoms with Crippen LogP contribution >= 0.6 is 0 Å². The molecule has 1 saturated heterocycles. The summed E-state index contributed by atoms with van der Waals surface area (Å²) in [5, 5.41) is 0. The summed E-state index contributed by atoms with van der Waals surface area (Å²) in [6.07, 6.45) is 0.228. The number of anilines is 1. The van der Waals surface area contributed by atoms with E-state index >= 15 is 0 Å². The molecule has 0 saturated carbocycles. The molecule has 2 N–H and O–H groups in total. The quantitative estimate of drug-likeness (QED) is 0.650. The summed E-state index contributed by atoms with van der Waals surface area (Å²) in [6.45, 7) is 3.08. The Morgan fingerprint density at radius 1 is 1.58 bits per heavy atom. The first kappa shape index (κ1) is 13.8. The maximum atomic E-state index is 11.3. The van der Waals surface area contributed by atoms with Crippen molar-refractivity contribution in [2.45, 2.75) is 19.1 Å². The van der Waals surface area contributed by atoms with Gasteiger partial charge in [-0.2, -0.15) is 0 Å². The molecule has 19 heavy (non-hydrogen) atoms. The number of ether oxygens (including phenoxy) is 2. The second-order valence-electron chi connectivity index (χ2n) is 4.75. The summed E-state index contributed by atoms with van der Waals surface area (Å²) < 4.78 is 10.2. The molecule has 0 radical (unpaired) electrons. The third-order valence-electron chi connectivity index (χ3n) is 3.20. The molecule has 0 aliphatic carbocycles. The Kier molecular flexibility index (Phi) is 4.76. The van der Waals surface area contributed by atoms with E-state index in [1.165, 1.54) is 12.7 Å². The second kappa shape index (κ2) is 6.54. The summed E-state index contributed by atoms with van der Waals surface area (Å²) in [5.74, 6) is -0.226. The van der Waals surface area contributed by atoms with Gasteiger partial charge in [0.1, 0.15) is 0 Å². The fourth-order valence-electron chi connectivity index (χ4n) is 2.27. The lowest BCUT2D eigenvalue weighted by Crippen LogP contribution is -2.42. The fourth-order valence-corrected chi connectivity index (χ4v) is 2.27. The summed E-state index contributed by atoms with van der Waals surface area (Å²) >= 11 is 0. The minimum Gasteiger partial charge on any atom is -0.469 e. The van der Waals surface area contributed by atoms with Crippen LogP contribution in [0.3, 0.4) is 0 Å². The predicted molar refractivity (Wildman–Crippen MR) is 72.5 cm³/mol. The molecule has 5 nitrogen and oxygen atoms in total. The van der Waals surface area contributed by atoms with Crippen molar-refractivity contribution in [1.82, 2.24) is 4.90 Å². The molecule has 2 rings (SSSR count). The average molecular weight is 264 g/mol. The zero-order valence-corrected chi connectivity index (χ0v) is 11.2. The maximum absolute atomic E-state index is 11.3. The van der Waals surface area contributed by atoms with Crippen LogP contribution in [0.1, 0.15) is 12.0 Å². The number of nitrogen functional groups attached to an aromatic ring is 1. The molecular formula is C14H20N2O3. The van der Waals surface area contributed by atoms with E-state index in [4.69, 9.17) is 10.5 Å². The first-order valence-electron chi connectivity index (χ1n) is 6.42. The zero-order valence-electron chi connectivity index (χ0n) is 11.2. The molecule has 0 aromatic heterocycles. The van der Waals surface area contributed by atoms with Gasteiger partial charge >= 0.3 is 5.97 Å². The average Bonchev–Trinajstić information content (AvgIpc) is 2.39. The van der Waals surface area contributed by atoms with Gasteiger partial charge in [0.2, 0.25) is 0 Å². The van der Waals surface area contributed by atoms with E-state index in [-0.39, 0.29) is 12.1 Å². The van der Waals surface area contributed by atoms with Crippen LogP contribution in [-0.2, 0) is 20.8 Å². The number of nitrogens with two attached hydrogens (primary N) is 1.